The molecule has 0 aromatic carbocycles. The fourth-order valence-corrected chi connectivity index (χ4v) is 2.87. The Hall–Kier alpha value is -0.850. The molecule has 2 heterocycles. The summed E-state index contributed by atoms with van der Waals surface area (Å²) in [5, 5.41) is 14.2. The molecule has 7 heteroatoms. The quantitative estimate of drug-likeness (QED) is 0.868. The molecule has 0 aliphatic rings. The van der Waals surface area contributed by atoms with Crippen LogP contribution in [-0.2, 0) is 5.75 Å². The molecule has 0 bridgehead atoms. The van der Waals surface area contributed by atoms with E-state index in [-0.39, 0.29) is 0 Å². The van der Waals surface area contributed by atoms with Crippen molar-refractivity contribution in [1.82, 2.24) is 15.2 Å². The average molecular weight is 273 g/mol. The van der Waals surface area contributed by atoms with Crippen LogP contribution in [0.4, 0.5) is 5.13 Å². The lowest BCUT2D eigenvalue weighted by Crippen LogP contribution is -1.85. The Morgan fingerprint density at radius 3 is 3.06 bits per heavy atom. The standard InChI is InChI=1S/C9H9ClN4S2/c1-11-9-14-13-7(16-9)5-15-8-6(10)3-2-4-12-8/h2-4H,5H2,1H3,(H,11,14). The lowest BCUT2D eigenvalue weighted by molar-refractivity contribution is 1.04. The minimum absolute atomic E-state index is 0.672. The first-order chi connectivity index (χ1) is 7.79. The van der Waals surface area contributed by atoms with Gasteiger partial charge < -0.3 is 5.32 Å². The summed E-state index contributed by atoms with van der Waals surface area (Å²) in [6, 6.07) is 3.65. The van der Waals surface area contributed by atoms with E-state index in [1.807, 2.05) is 19.2 Å². The number of hydrogen-bond donors (Lipinski definition) is 1. The molecule has 0 unspecified atom stereocenters. The number of rotatable bonds is 4. The van der Waals surface area contributed by atoms with Gasteiger partial charge in [0.05, 0.1) is 10.8 Å². The molecule has 0 aliphatic heterocycles. The Bertz CT molecular complexity index is 474. The molecule has 0 saturated carbocycles. The molecule has 0 spiro atoms. The van der Waals surface area contributed by atoms with E-state index >= 15 is 0 Å². The second-order valence-electron chi connectivity index (χ2n) is 2.83. The van der Waals surface area contributed by atoms with E-state index in [2.05, 4.69) is 20.5 Å². The van der Waals surface area contributed by atoms with E-state index in [1.165, 1.54) is 11.3 Å². The van der Waals surface area contributed by atoms with Crippen molar-refractivity contribution in [1.29, 1.82) is 0 Å². The molecule has 1 N–H and O–H groups in total. The van der Waals surface area contributed by atoms with Gasteiger partial charge in [0, 0.05) is 13.2 Å². The fraction of sp³-hybridized carbons (Fsp3) is 0.222. The number of nitrogens with zero attached hydrogens (tertiary/aromatic N) is 3. The minimum Gasteiger partial charge on any atom is -0.363 e. The van der Waals surface area contributed by atoms with Crippen molar-refractivity contribution in [3.63, 3.8) is 0 Å². The van der Waals surface area contributed by atoms with E-state index in [0.29, 0.717) is 5.02 Å². The maximum absolute atomic E-state index is 5.99. The highest BCUT2D eigenvalue weighted by Crippen LogP contribution is 2.28. The van der Waals surface area contributed by atoms with Crippen molar-refractivity contribution < 1.29 is 0 Å². The highest BCUT2D eigenvalue weighted by Gasteiger charge is 2.06. The van der Waals surface area contributed by atoms with Crippen LogP contribution in [0, 0.1) is 0 Å². The van der Waals surface area contributed by atoms with Gasteiger partial charge in [0.2, 0.25) is 5.13 Å². The number of thioether (sulfide) groups is 1. The molecule has 2 aromatic rings. The van der Waals surface area contributed by atoms with Crippen LogP contribution in [0.1, 0.15) is 5.01 Å². The van der Waals surface area contributed by atoms with Gasteiger partial charge in [-0.05, 0) is 12.1 Å². The summed E-state index contributed by atoms with van der Waals surface area (Å²) in [5.41, 5.74) is 0. The first-order valence-corrected chi connectivity index (χ1v) is 6.71. The number of aromatic nitrogens is 3. The Kier molecular flexibility index (Phi) is 3.98. The van der Waals surface area contributed by atoms with Crippen LogP contribution in [0.25, 0.3) is 0 Å². The summed E-state index contributed by atoms with van der Waals surface area (Å²) in [6.45, 7) is 0. The number of nitrogens with one attached hydrogen (secondary N) is 1. The predicted octanol–water partition coefficient (Wildman–Crippen LogP) is 2.92. The number of halogens is 1. The summed E-state index contributed by atoms with van der Waals surface area (Å²) in [4.78, 5) is 4.19. The van der Waals surface area contributed by atoms with Crippen LogP contribution < -0.4 is 5.32 Å². The molecule has 0 amide bonds. The molecule has 84 valence electrons. The van der Waals surface area contributed by atoms with Crippen LogP contribution >= 0.6 is 34.7 Å². The highest BCUT2D eigenvalue weighted by molar-refractivity contribution is 7.98. The van der Waals surface area contributed by atoms with Gasteiger partial charge in [-0.25, -0.2) is 4.98 Å². The van der Waals surface area contributed by atoms with Gasteiger partial charge >= 0.3 is 0 Å². The van der Waals surface area contributed by atoms with Crippen LogP contribution in [-0.4, -0.2) is 22.2 Å². The summed E-state index contributed by atoms with van der Waals surface area (Å²) in [5.74, 6) is 0.732. The van der Waals surface area contributed by atoms with Gasteiger partial charge in [-0.15, -0.1) is 10.2 Å². The Labute approximate surface area is 106 Å². The summed E-state index contributed by atoms with van der Waals surface area (Å²) >= 11 is 9.09. The zero-order chi connectivity index (χ0) is 11.4. The third-order valence-electron chi connectivity index (χ3n) is 1.74. The summed E-state index contributed by atoms with van der Waals surface area (Å²) in [6.07, 6.45) is 1.73. The molecule has 0 radical (unpaired) electrons. The van der Waals surface area contributed by atoms with Crippen molar-refractivity contribution in [2.75, 3.05) is 12.4 Å². The van der Waals surface area contributed by atoms with Gasteiger partial charge in [0.25, 0.3) is 0 Å². The molecule has 2 rings (SSSR count). The highest BCUT2D eigenvalue weighted by atomic mass is 35.5. The first-order valence-electron chi connectivity index (χ1n) is 4.53. The second kappa shape index (κ2) is 5.47. The van der Waals surface area contributed by atoms with Gasteiger partial charge in [-0.3, -0.25) is 0 Å². The van der Waals surface area contributed by atoms with Crippen molar-refractivity contribution in [3.8, 4) is 0 Å². The van der Waals surface area contributed by atoms with Gasteiger partial charge in [-0.2, -0.15) is 0 Å². The third kappa shape index (κ3) is 2.84. The average Bonchev–Trinajstić information content (AvgIpc) is 2.76. The molecule has 4 nitrogen and oxygen atoms in total. The first kappa shape index (κ1) is 11.6. The third-order valence-corrected chi connectivity index (χ3v) is 4.29. The Balaban J connectivity index is 1.99. The van der Waals surface area contributed by atoms with Crippen molar-refractivity contribution >= 4 is 39.8 Å². The van der Waals surface area contributed by atoms with E-state index in [9.17, 15) is 0 Å². The summed E-state index contributed by atoms with van der Waals surface area (Å²) in [7, 11) is 1.83. The van der Waals surface area contributed by atoms with Crippen molar-refractivity contribution in [3.05, 3.63) is 28.4 Å². The lowest BCUT2D eigenvalue weighted by Gasteiger charge is -1.99. The van der Waals surface area contributed by atoms with Crippen LogP contribution in [0.3, 0.4) is 0 Å². The molecule has 0 aliphatic carbocycles. The number of hydrogen-bond acceptors (Lipinski definition) is 6. The molecular weight excluding hydrogens is 264 g/mol. The monoisotopic (exact) mass is 272 g/mol. The smallest absolute Gasteiger partial charge is 0.205 e. The second-order valence-corrected chi connectivity index (χ2v) is 5.26. The Morgan fingerprint density at radius 1 is 1.50 bits per heavy atom. The fourth-order valence-electron chi connectivity index (χ4n) is 1.02. The Morgan fingerprint density at radius 2 is 2.38 bits per heavy atom. The number of pyridine rings is 1. The molecule has 2 aromatic heterocycles. The maximum atomic E-state index is 5.99. The van der Waals surface area contributed by atoms with Gasteiger partial charge in [0.1, 0.15) is 10.0 Å². The largest absolute Gasteiger partial charge is 0.363 e. The SMILES string of the molecule is CNc1nnc(CSc2ncccc2Cl)s1. The molecule has 0 saturated heterocycles. The topological polar surface area (TPSA) is 50.7 Å². The van der Waals surface area contributed by atoms with Gasteiger partial charge in [-0.1, -0.05) is 34.7 Å². The van der Waals surface area contributed by atoms with Crippen LogP contribution in [0.15, 0.2) is 23.4 Å². The molecule has 16 heavy (non-hydrogen) atoms. The van der Waals surface area contributed by atoms with Gasteiger partial charge in [0.15, 0.2) is 0 Å². The zero-order valence-corrected chi connectivity index (χ0v) is 10.9. The van der Waals surface area contributed by atoms with E-state index in [1.54, 1.807) is 18.0 Å². The van der Waals surface area contributed by atoms with Crippen molar-refractivity contribution in [2.45, 2.75) is 10.8 Å². The van der Waals surface area contributed by atoms with E-state index < -0.39 is 0 Å². The van der Waals surface area contributed by atoms with E-state index in [4.69, 9.17) is 11.6 Å². The zero-order valence-electron chi connectivity index (χ0n) is 8.48. The molecule has 0 atom stereocenters. The summed E-state index contributed by atoms with van der Waals surface area (Å²) < 4.78 is 0. The van der Waals surface area contributed by atoms with Crippen molar-refractivity contribution in [2.24, 2.45) is 0 Å². The van der Waals surface area contributed by atoms with Crippen LogP contribution in [0.2, 0.25) is 5.02 Å². The van der Waals surface area contributed by atoms with Crippen LogP contribution in [0.5, 0.6) is 0 Å². The van der Waals surface area contributed by atoms with E-state index in [0.717, 1.165) is 20.9 Å². The molecular formula is C9H9ClN4S2. The molecule has 0 fully saturated rings. The maximum Gasteiger partial charge on any atom is 0.205 e. The minimum atomic E-state index is 0.672. The normalized spacial score (nSPS) is 10.4. The number of anilines is 1. The lowest BCUT2D eigenvalue weighted by atomic mass is 10.5. The predicted molar refractivity (Wildman–Crippen MR) is 68.3 cm³/mol.